The Morgan fingerprint density at radius 3 is 1.30 bits per heavy atom. The Bertz CT molecular complexity index is 1390. The third kappa shape index (κ3) is 23.3. The van der Waals surface area contributed by atoms with Gasteiger partial charge in [-0.25, -0.2) is 4.79 Å². The Balaban J connectivity index is 0.949. The molecule has 0 heterocycles. The van der Waals surface area contributed by atoms with Gasteiger partial charge in [-0.15, -0.1) is 0 Å². The highest BCUT2D eigenvalue weighted by molar-refractivity contribution is 5.80. The van der Waals surface area contributed by atoms with Gasteiger partial charge in [0.2, 0.25) is 5.91 Å². The van der Waals surface area contributed by atoms with Gasteiger partial charge in [0.05, 0.1) is 132 Å². The minimum Gasteiger partial charge on any atom is -0.481 e. The SMILES string of the molecule is CN(CCOCCOCCOCCOCCOCCOCCOCCOCCOCCOCCCNC(=O)CCC(=O)O)C(=O)OCC1c2ccccc2-c2ccccc21. The average molecular weight is 851 g/mol. The highest BCUT2D eigenvalue weighted by Gasteiger charge is 2.29. The Morgan fingerprint density at radius 1 is 0.533 bits per heavy atom. The fourth-order valence-corrected chi connectivity index (χ4v) is 5.79. The van der Waals surface area contributed by atoms with Gasteiger partial charge in [-0.05, 0) is 28.7 Å². The molecule has 17 nitrogen and oxygen atoms in total. The van der Waals surface area contributed by atoms with Crippen LogP contribution in [0, 0.1) is 0 Å². The molecule has 0 spiro atoms. The summed E-state index contributed by atoms with van der Waals surface area (Å²) in [5.74, 6) is -1.23. The van der Waals surface area contributed by atoms with Crippen molar-refractivity contribution in [1.82, 2.24) is 10.2 Å². The van der Waals surface area contributed by atoms with Gasteiger partial charge >= 0.3 is 12.1 Å². The van der Waals surface area contributed by atoms with Gasteiger partial charge < -0.3 is 67.4 Å². The predicted octanol–water partition coefficient (Wildman–Crippen LogP) is 3.40. The highest BCUT2D eigenvalue weighted by Crippen LogP contribution is 2.44. The minimum atomic E-state index is -0.986. The predicted molar refractivity (Wildman–Crippen MR) is 220 cm³/mol. The number of benzene rings is 2. The average Bonchev–Trinajstić information content (AvgIpc) is 3.58. The molecule has 2 N–H and O–H groups in total. The van der Waals surface area contributed by atoms with Crippen molar-refractivity contribution in [2.24, 2.45) is 0 Å². The molecule has 0 unspecified atom stereocenters. The molecule has 0 aromatic heterocycles. The van der Waals surface area contributed by atoms with E-state index in [0.717, 1.165) is 0 Å². The quantitative estimate of drug-likeness (QED) is 0.0932. The molecule has 2 aromatic rings. The van der Waals surface area contributed by atoms with Crippen LogP contribution in [-0.4, -0.2) is 187 Å². The number of ether oxygens (including phenoxy) is 11. The fraction of sp³-hybridized carbons (Fsp3) is 0.651. The number of nitrogens with one attached hydrogen (secondary N) is 1. The van der Waals surface area contributed by atoms with Crippen molar-refractivity contribution in [3.8, 4) is 11.1 Å². The second-order valence-corrected chi connectivity index (χ2v) is 13.4. The molecule has 1 aliphatic carbocycles. The van der Waals surface area contributed by atoms with Gasteiger partial charge in [0.25, 0.3) is 0 Å². The maximum Gasteiger partial charge on any atom is 0.409 e. The topological polar surface area (TPSA) is 188 Å². The largest absolute Gasteiger partial charge is 0.481 e. The lowest BCUT2D eigenvalue weighted by molar-refractivity contribution is -0.138. The molecule has 0 saturated heterocycles. The third-order valence-corrected chi connectivity index (χ3v) is 8.92. The second kappa shape index (κ2) is 33.9. The zero-order chi connectivity index (χ0) is 42.7. The van der Waals surface area contributed by atoms with Crippen LogP contribution in [0.4, 0.5) is 4.79 Å². The molecule has 3 rings (SSSR count). The Labute approximate surface area is 354 Å². The molecule has 60 heavy (non-hydrogen) atoms. The summed E-state index contributed by atoms with van der Waals surface area (Å²) in [7, 11) is 1.71. The van der Waals surface area contributed by atoms with E-state index in [-0.39, 0.29) is 30.8 Å². The lowest BCUT2D eigenvalue weighted by atomic mass is 9.98. The van der Waals surface area contributed by atoms with Gasteiger partial charge in [0, 0.05) is 39.1 Å². The van der Waals surface area contributed by atoms with E-state index in [1.54, 1.807) is 7.05 Å². The van der Waals surface area contributed by atoms with Gasteiger partial charge in [0.1, 0.15) is 6.61 Å². The molecular weight excluding hydrogens is 784 g/mol. The molecule has 0 aliphatic heterocycles. The van der Waals surface area contributed by atoms with Crippen molar-refractivity contribution < 1.29 is 71.6 Å². The first-order valence-electron chi connectivity index (χ1n) is 20.8. The standard InChI is InChI=1S/C43H66N2O15/c1-45(43(49)60-35-40-38-9-4-2-7-36(38)37-8-3-5-10-39(37)40)14-16-51-18-20-53-22-24-55-26-28-57-30-32-59-34-33-58-31-29-56-27-25-54-23-21-52-19-17-50-15-6-13-44-41(46)11-12-42(47)48/h2-5,7-10,40H,6,11-35H2,1H3,(H,44,46)(H,47,48). The van der Waals surface area contributed by atoms with Crippen LogP contribution in [0.1, 0.15) is 36.3 Å². The lowest BCUT2D eigenvalue weighted by Gasteiger charge is -2.19. The number of amides is 2. The summed E-state index contributed by atoms with van der Waals surface area (Å²) in [6.07, 6.45) is 0.0895. The van der Waals surface area contributed by atoms with E-state index in [4.69, 9.17) is 57.2 Å². The highest BCUT2D eigenvalue weighted by atomic mass is 16.6. The Morgan fingerprint density at radius 2 is 0.900 bits per heavy atom. The number of rotatable bonds is 39. The van der Waals surface area contributed by atoms with E-state index >= 15 is 0 Å². The first-order valence-corrected chi connectivity index (χ1v) is 20.8. The molecule has 2 aromatic carbocycles. The number of hydrogen-bond donors (Lipinski definition) is 2. The molecular formula is C43H66N2O15. The summed E-state index contributed by atoms with van der Waals surface area (Å²) in [6, 6.07) is 16.5. The Hall–Kier alpha value is -3.75. The zero-order valence-corrected chi connectivity index (χ0v) is 35.2. The van der Waals surface area contributed by atoms with Gasteiger partial charge in [-0.3, -0.25) is 9.59 Å². The smallest absolute Gasteiger partial charge is 0.409 e. The maximum absolute atomic E-state index is 12.6. The van der Waals surface area contributed by atoms with E-state index in [2.05, 4.69) is 29.6 Å². The monoisotopic (exact) mass is 850 g/mol. The summed E-state index contributed by atoms with van der Waals surface area (Å²) >= 11 is 0. The number of likely N-dealkylation sites (N-methyl/N-ethyl adjacent to an activating group) is 1. The van der Waals surface area contributed by atoms with Crippen LogP contribution < -0.4 is 5.32 Å². The van der Waals surface area contributed by atoms with Gasteiger partial charge in [0.15, 0.2) is 0 Å². The summed E-state index contributed by atoms with van der Waals surface area (Å²) in [5.41, 5.74) is 4.77. The van der Waals surface area contributed by atoms with Crippen molar-refractivity contribution in [3.05, 3.63) is 59.7 Å². The number of hydrogen-bond acceptors (Lipinski definition) is 14. The van der Waals surface area contributed by atoms with Crippen LogP contribution in [0.25, 0.3) is 11.1 Å². The van der Waals surface area contributed by atoms with E-state index in [1.165, 1.54) is 27.2 Å². The lowest BCUT2D eigenvalue weighted by Crippen LogP contribution is -2.32. The van der Waals surface area contributed by atoms with Crippen molar-refractivity contribution in [2.75, 3.05) is 159 Å². The van der Waals surface area contributed by atoms with Crippen LogP contribution in [0.3, 0.4) is 0 Å². The van der Waals surface area contributed by atoms with Crippen molar-refractivity contribution in [3.63, 3.8) is 0 Å². The molecule has 2 amide bonds. The van der Waals surface area contributed by atoms with Crippen molar-refractivity contribution in [1.29, 1.82) is 0 Å². The maximum atomic E-state index is 12.6. The molecule has 0 bridgehead atoms. The first-order chi connectivity index (χ1) is 29.5. The summed E-state index contributed by atoms with van der Waals surface area (Å²) in [5, 5.41) is 11.2. The molecule has 0 saturated carbocycles. The molecule has 0 fully saturated rings. The molecule has 1 aliphatic rings. The summed E-state index contributed by atoms with van der Waals surface area (Å²) in [4.78, 5) is 36.0. The number of fused-ring (bicyclic) bond motifs is 3. The molecule has 17 heteroatoms. The van der Waals surface area contributed by atoms with E-state index in [0.29, 0.717) is 158 Å². The number of nitrogens with zero attached hydrogens (tertiary/aromatic N) is 1. The van der Waals surface area contributed by atoms with E-state index in [1.807, 2.05) is 24.3 Å². The number of carbonyl (C=O) groups is 3. The van der Waals surface area contributed by atoms with Crippen molar-refractivity contribution >= 4 is 18.0 Å². The van der Waals surface area contributed by atoms with Crippen molar-refractivity contribution in [2.45, 2.75) is 25.2 Å². The molecule has 338 valence electrons. The number of aliphatic carboxylic acids is 1. The van der Waals surface area contributed by atoms with Crippen LogP contribution in [0.5, 0.6) is 0 Å². The van der Waals surface area contributed by atoms with E-state index < -0.39 is 5.97 Å². The normalized spacial score (nSPS) is 12.0. The van der Waals surface area contributed by atoms with Crippen LogP contribution in [0.15, 0.2) is 48.5 Å². The Kier molecular flexibility index (Phi) is 28.6. The zero-order valence-electron chi connectivity index (χ0n) is 35.2. The van der Waals surface area contributed by atoms with Crippen LogP contribution >= 0.6 is 0 Å². The van der Waals surface area contributed by atoms with E-state index in [9.17, 15) is 14.4 Å². The third-order valence-electron chi connectivity index (χ3n) is 8.92. The number of carboxylic acid groups (broad SMARTS) is 1. The number of carboxylic acids is 1. The number of carbonyl (C=O) groups excluding carboxylic acids is 2. The van der Waals surface area contributed by atoms with Gasteiger partial charge in [-0.1, -0.05) is 48.5 Å². The van der Waals surface area contributed by atoms with Crippen LogP contribution in [0.2, 0.25) is 0 Å². The van der Waals surface area contributed by atoms with Gasteiger partial charge in [-0.2, -0.15) is 0 Å². The van der Waals surface area contributed by atoms with Crippen LogP contribution in [-0.2, 0) is 61.7 Å². The molecule has 0 radical (unpaired) electrons. The molecule has 0 atom stereocenters. The second-order valence-electron chi connectivity index (χ2n) is 13.4. The summed E-state index contributed by atoms with van der Waals surface area (Å²) < 4.78 is 60.7. The summed E-state index contributed by atoms with van der Waals surface area (Å²) in [6.45, 7) is 10.3. The fourth-order valence-electron chi connectivity index (χ4n) is 5.79. The first kappa shape index (κ1) is 50.6. The minimum absolute atomic E-state index is 0.0152.